The molecule has 0 aliphatic heterocycles. The van der Waals surface area contributed by atoms with E-state index in [0.717, 1.165) is 57.9 Å². The summed E-state index contributed by atoms with van der Waals surface area (Å²) in [6, 6.07) is 12.9. The van der Waals surface area contributed by atoms with Crippen LogP contribution in [-0.4, -0.2) is 37.7 Å². The van der Waals surface area contributed by atoms with Crippen LogP contribution in [-0.2, 0) is 6.54 Å². The van der Waals surface area contributed by atoms with E-state index in [0.29, 0.717) is 0 Å². The Morgan fingerprint density at radius 2 is 1.79 bits per heavy atom. The molecule has 3 nitrogen and oxygen atoms in total. The van der Waals surface area contributed by atoms with E-state index in [1.165, 1.54) is 16.3 Å². The lowest BCUT2D eigenvalue weighted by Gasteiger charge is -2.19. The molecule has 0 amide bonds. The molecule has 24 heavy (non-hydrogen) atoms. The van der Waals surface area contributed by atoms with Gasteiger partial charge in [0, 0.05) is 25.2 Å². The Morgan fingerprint density at radius 1 is 1.00 bits per heavy atom. The number of fused-ring (bicyclic) bond motifs is 1. The number of nitrogens with zero attached hydrogens (tertiary/aromatic N) is 1. The molecule has 132 valence electrons. The van der Waals surface area contributed by atoms with Crippen molar-refractivity contribution in [1.29, 1.82) is 0 Å². The first kappa shape index (κ1) is 18.8. The summed E-state index contributed by atoms with van der Waals surface area (Å²) in [5, 5.41) is 6.17. The van der Waals surface area contributed by atoms with Crippen molar-refractivity contribution < 1.29 is 4.74 Å². The van der Waals surface area contributed by atoms with Gasteiger partial charge in [0.2, 0.25) is 0 Å². The molecule has 0 aromatic heterocycles. The predicted octanol–water partition coefficient (Wildman–Crippen LogP) is 4.45. The third kappa shape index (κ3) is 5.22. The Bertz CT molecular complexity index is 608. The zero-order valence-electron chi connectivity index (χ0n) is 15.5. The van der Waals surface area contributed by atoms with Crippen molar-refractivity contribution >= 4 is 10.8 Å². The van der Waals surface area contributed by atoms with Gasteiger partial charge in [-0.15, -0.1) is 0 Å². The van der Waals surface area contributed by atoms with E-state index in [1.807, 2.05) is 0 Å². The minimum atomic E-state index is 0.793. The van der Waals surface area contributed by atoms with E-state index in [-0.39, 0.29) is 0 Å². The smallest absolute Gasteiger partial charge is 0.124 e. The maximum Gasteiger partial charge on any atom is 0.124 e. The molecule has 0 fully saturated rings. The Hall–Kier alpha value is -1.58. The molecule has 2 rings (SSSR count). The predicted molar refractivity (Wildman–Crippen MR) is 104 cm³/mol. The van der Waals surface area contributed by atoms with Crippen molar-refractivity contribution in [3.63, 3.8) is 0 Å². The third-order valence-corrected chi connectivity index (χ3v) is 4.55. The molecular weight excluding hydrogens is 296 g/mol. The van der Waals surface area contributed by atoms with Crippen LogP contribution in [0.25, 0.3) is 10.8 Å². The molecule has 0 bridgehead atoms. The highest BCUT2D eigenvalue weighted by Crippen LogP contribution is 2.28. The van der Waals surface area contributed by atoms with Gasteiger partial charge in [0.1, 0.15) is 5.75 Å². The van der Waals surface area contributed by atoms with Gasteiger partial charge in [-0.1, -0.05) is 57.5 Å². The van der Waals surface area contributed by atoms with E-state index >= 15 is 0 Å². The summed E-state index contributed by atoms with van der Waals surface area (Å²) >= 11 is 0. The molecule has 2 aromatic rings. The van der Waals surface area contributed by atoms with Gasteiger partial charge < -0.3 is 15.0 Å². The van der Waals surface area contributed by atoms with Crippen molar-refractivity contribution in [1.82, 2.24) is 10.2 Å². The van der Waals surface area contributed by atoms with Crippen LogP contribution >= 0.6 is 0 Å². The van der Waals surface area contributed by atoms with Crippen LogP contribution in [0.1, 0.15) is 39.2 Å². The number of rotatable bonds is 11. The summed E-state index contributed by atoms with van der Waals surface area (Å²) in [5.74, 6) is 1.03. The molecule has 0 saturated carbocycles. The number of ether oxygens (including phenoxy) is 1. The van der Waals surface area contributed by atoms with E-state index in [9.17, 15) is 0 Å². The van der Waals surface area contributed by atoms with Gasteiger partial charge in [-0.05, 0) is 36.3 Å². The molecule has 0 spiro atoms. The Kier molecular flexibility index (Phi) is 8.06. The van der Waals surface area contributed by atoms with E-state index in [2.05, 4.69) is 67.4 Å². The molecule has 2 aromatic carbocycles. The van der Waals surface area contributed by atoms with Gasteiger partial charge in [-0.2, -0.15) is 0 Å². The van der Waals surface area contributed by atoms with E-state index < -0.39 is 0 Å². The monoisotopic (exact) mass is 328 g/mol. The van der Waals surface area contributed by atoms with E-state index in [1.54, 1.807) is 0 Å². The van der Waals surface area contributed by atoms with Gasteiger partial charge in [0.15, 0.2) is 0 Å². The van der Waals surface area contributed by atoms with Gasteiger partial charge in [-0.25, -0.2) is 0 Å². The molecule has 0 atom stereocenters. The lowest BCUT2D eigenvalue weighted by atomic mass is 10.0. The SMILES string of the molecule is CCCCOc1ccc2ccccc2c1CNCCN(CC)CC. The highest BCUT2D eigenvalue weighted by Gasteiger charge is 2.09. The number of likely N-dealkylation sites (N-methyl/N-ethyl adjacent to an activating group) is 1. The van der Waals surface area contributed by atoms with Crippen LogP contribution in [0.3, 0.4) is 0 Å². The Balaban J connectivity index is 2.08. The highest BCUT2D eigenvalue weighted by atomic mass is 16.5. The molecule has 0 saturated heterocycles. The second-order valence-corrected chi connectivity index (χ2v) is 6.17. The van der Waals surface area contributed by atoms with Crippen LogP contribution in [0.2, 0.25) is 0 Å². The fourth-order valence-electron chi connectivity index (χ4n) is 2.95. The Labute approximate surface area is 147 Å². The summed E-state index contributed by atoms with van der Waals surface area (Å²) in [6.45, 7) is 12.6. The molecule has 0 aliphatic carbocycles. The quantitative estimate of drug-likeness (QED) is 0.617. The fourth-order valence-corrected chi connectivity index (χ4v) is 2.95. The average molecular weight is 329 g/mol. The first-order valence-electron chi connectivity index (χ1n) is 9.36. The maximum absolute atomic E-state index is 6.06. The van der Waals surface area contributed by atoms with Gasteiger partial charge in [0.05, 0.1) is 6.61 Å². The first-order valence-corrected chi connectivity index (χ1v) is 9.36. The maximum atomic E-state index is 6.06. The zero-order chi connectivity index (χ0) is 17.2. The van der Waals surface area contributed by atoms with Crippen molar-refractivity contribution in [3.05, 3.63) is 42.0 Å². The number of unbranched alkanes of at least 4 members (excludes halogenated alkanes) is 1. The topological polar surface area (TPSA) is 24.5 Å². The second-order valence-electron chi connectivity index (χ2n) is 6.17. The number of nitrogens with one attached hydrogen (secondary N) is 1. The van der Waals surface area contributed by atoms with Crippen LogP contribution in [0.4, 0.5) is 0 Å². The Morgan fingerprint density at radius 3 is 2.54 bits per heavy atom. The second kappa shape index (κ2) is 10.3. The normalized spacial score (nSPS) is 11.3. The molecular formula is C21H32N2O. The average Bonchev–Trinajstić information content (AvgIpc) is 2.63. The molecule has 1 N–H and O–H groups in total. The standard InChI is InChI=1S/C21H32N2O/c1-4-7-16-24-21-13-12-18-10-8-9-11-19(18)20(21)17-22-14-15-23(5-2)6-3/h8-13,22H,4-7,14-17H2,1-3H3. The number of benzene rings is 2. The molecule has 0 heterocycles. The fraction of sp³-hybridized carbons (Fsp3) is 0.524. The van der Waals surface area contributed by atoms with Crippen molar-refractivity contribution in [2.45, 2.75) is 40.2 Å². The van der Waals surface area contributed by atoms with Crippen LogP contribution < -0.4 is 10.1 Å². The van der Waals surface area contributed by atoms with Crippen LogP contribution in [0.5, 0.6) is 5.75 Å². The molecule has 3 heteroatoms. The van der Waals surface area contributed by atoms with Gasteiger partial charge in [0.25, 0.3) is 0 Å². The zero-order valence-corrected chi connectivity index (χ0v) is 15.5. The van der Waals surface area contributed by atoms with Crippen molar-refractivity contribution in [3.8, 4) is 5.75 Å². The van der Waals surface area contributed by atoms with Gasteiger partial charge in [-0.3, -0.25) is 0 Å². The molecule has 0 aliphatic rings. The van der Waals surface area contributed by atoms with Crippen molar-refractivity contribution in [2.24, 2.45) is 0 Å². The van der Waals surface area contributed by atoms with Crippen LogP contribution in [0, 0.1) is 0 Å². The molecule has 0 unspecified atom stereocenters. The summed E-state index contributed by atoms with van der Waals surface area (Å²) < 4.78 is 6.06. The number of hydrogen-bond acceptors (Lipinski definition) is 3. The lowest BCUT2D eigenvalue weighted by Crippen LogP contribution is -2.31. The number of hydrogen-bond donors (Lipinski definition) is 1. The van der Waals surface area contributed by atoms with E-state index in [4.69, 9.17) is 4.74 Å². The molecule has 0 radical (unpaired) electrons. The first-order chi connectivity index (χ1) is 11.8. The third-order valence-electron chi connectivity index (χ3n) is 4.55. The summed E-state index contributed by atoms with van der Waals surface area (Å²) in [7, 11) is 0. The largest absolute Gasteiger partial charge is 0.493 e. The van der Waals surface area contributed by atoms with Crippen LogP contribution in [0.15, 0.2) is 36.4 Å². The minimum Gasteiger partial charge on any atom is -0.493 e. The summed E-state index contributed by atoms with van der Waals surface area (Å²) in [4.78, 5) is 2.44. The van der Waals surface area contributed by atoms with Gasteiger partial charge >= 0.3 is 0 Å². The summed E-state index contributed by atoms with van der Waals surface area (Å²) in [6.07, 6.45) is 2.26. The summed E-state index contributed by atoms with van der Waals surface area (Å²) in [5.41, 5.74) is 1.28. The minimum absolute atomic E-state index is 0.793. The van der Waals surface area contributed by atoms with Crippen molar-refractivity contribution in [2.75, 3.05) is 32.8 Å². The lowest BCUT2D eigenvalue weighted by molar-refractivity contribution is 0.298. The highest BCUT2D eigenvalue weighted by molar-refractivity contribution is 5.87.